The van der Waals surface area contributed by atoms with Crippen LogP contribution in [0.25, 0.3) is 0 Å². The second kappa shape index (κ2) is 5.69. The van der Waals surface area contributed by atoms with Crippen molar-refractivity contribution < 1.29 is 0 Å². The molecular formula is C11H13ClIN3S. The van der Waals surface area contributed by atoms with Gasteiger partial charge in [0.1, 0.15) is 6.04 Å². The number of hydrogen-bond donors (Lipinski definition) is 1. The van der Waals surface area contributed by atoms with Crippen molar-refractivity contribution in [1.82, 2.24) is 9.78 Å². The molecule has 0 fully saturated rings. The molecule has 2 unspecified atom stereocenters. The highest BCUT2D eigenvalue weighted by molar-refractivity contribution is 14.1. The summed E-state index contributed by atoms with van der Waals surface area (Å²) >= 11 is 9.80. The second-order valence-corrected chi connectivity index (χ2v) is 6.79. The fourth-order valence-electron chi connectivity index (χ4n) is 1.72. The van der Waals surface area contributed by atoms with Gasteiger partial charge in [-0.2, -0.15) is 5.10 Å². The fourth-order valence-corrected chi connectivity index (χ4v) is 3.36. The van der Waals surface area contributed by atoms with Crippen molar-refractivity contribution in [2.45, 2.75) is 25.4 Å². The van der Waals surface area contributed by atoms with E-state index in [0.29, 0.717) is 0 Å². The maximum atomic E-state index is 6.20. The van der Waals surface area contributed by atoms with Gasteiger partial charge in [0.15, 0.2) is 0 Å². The monoisotopic (exact) mass is 381 g/mol. The maximum Gasteiger partial charge on any atom is 0.101 e. The van der Waals surface area contributed by atoms with Gasteiger partial charge >= 0.3 is 0 Å². The van der Waals surface area contributed by atoms with E-state index in [1.54, 1.807) is 11.3 Å². The second-order valence-electron chi connectivity index (χ2n) is 3.80. The topological polar surface area (TPSA) is 43.8 Å². The number of nitrogens with two attached hydrogens (primary N) is 1. The first-order valence-corrected chi connectivity index (χ1v) is 7.59. The van der Waals surface area contributed by atoms with Crippen LogP contribution in [0.1, 0.15) is 24.3 Å². The lowest BCUT2D eigenvalue weighted by Gasteiger charge is -2.22. The molecule has 6 heteroatoms. The maximum absolute atomic E-state index is 6.20. The number of thiophene rings is 1. The first kappa shape index (κ1) is 13.3. The van der Waals surface area contributed by atoms with Crippen LogP contribution in [0.2, 0.25) is 4.34 Å². The normalized spacial score (nSPS) is 14.8. The Morgan fingerprint density at radius 3 is 2.82 bits per heavy atom. The van der Waals surface area contributed by atoms with Crippen molar-refractivity contribution in [2.75, 3.05) is 0 Å². The van der Waals surface area contributed by atoms with Crippen LogP contribution in [0.5, 0.6) is 0 Å². The van der Waals surface area contributed by atoms with Gasteiger partial charge in [0.05, 0.1) is 14.1 Å². The van der Waals surface area contributed by atoms with Crippen molar-refractivity contribution in [1.29, 1.82) is 0 Å². The molecule has 3 nitrogen and oxygen atoms in total. The summed E-state index contributed by atoms with van der Waals surface area (Å²) in [4.78, 5) is 1.16. The summed E-state index contributed by atoms with van der Waals surface area (Å²) < 4.78 is 3.83. The Hall–Kier alpha value is -0.110. The van der Waals surface area contributed by atoms with Crippen LogP contribution in [0.4, 0.5) is 0 Å². The highest BCUT2D eigenvalue weighted by atomic mass is 127. The van der Waals surface area contributed by atoms with Gasteiger partial charge in [0.25, 0.3) is 0 Å². The third-order valence-corrected chi connectivity index (χ3v) is 4.48. The molecule has 0 saturated carbocycles. The molecule has 2 aromatic heterocycles. The van der Waals surface area contributed by atoms with Gasteiger partial charge in [-0.15, -0.1) is 11.3 Å². The SMILES string of the molecule is CCC(N)C(c1ccc(Cl)s1)n1cc(I)cn1. The smallest absolute Gasteiger partial charge is 0.101 e. The minimum absolute atomic E-state index is 0.0421. The molecule has 2 N–H and O–H groups in total. The molecule has 0 aromatic carbocycles. The third-order valence-electron chi connectivity index (χ3n) is 2.62. The van der Waals surface area contributed by atoms with Crippen LogP contribution in [0.15, 0.2) is 24.5 Å². The lowest BCUT2D eigenvalue weighted by Crippen LogP contribution is -2.32. The van der Waals surface area contributed by atoms with Gasteiger partial charge in [-0.05, 0) is 41.1 Å². The standard InChI is InChI=1S/C11H13ClIN3S/c1-2-8(14)11(9-3-4-10(12)17-9)16-6-7(13)5-15-16/h3-6,8,11H,2,14H2,1H3. The Morgan fingerprint density at radius 1 is 1.59 bits per heavy atom. The molecule has 2 aromatic rings. The third kappa shape index (κ3) is 3.01. The first-order chi connectivity index (χ1) is 8.11. The van der Waals surface area contributed by atoms with Gasteiger partial charge in [-0.1, -0.05) is 18.5 Å². The van der Waals surface area contributed by atoms with Crippen LogP contribution in [0.3, 0.4) is 0 Å². The van der Waals surface area contributed by atoms with Gasteiger partial charge in [-0.25, -0.2) is 0 Å². The Kier molecular flexibility index (Phi) is 4.46. The van der Waals surface area contributed by atoms with Crippen molar-refractivity contribution in [3.05, 3.63) is 37.3 Å². The van der Waals surface area contributed by atoms with E-state index >= 15 is 0 Å². The summed E-state index contributed by atoms with van der Waals surface area (Å²) in [5.41, 5.74) is 6.20. The van der Waals surface area contributed by atoms with Crippen LogP contribution in [-0.4, -0.2) is 15.8 Å². The van der Waals surface area contributed by atoms with Crippen LogP contribution >= 0.6 is 45.5 Å². The average Bonchev–Trinajstić information content (AvgIpc) is 2.89. The van der Waals surface area contributed by atoms with Crippen LogP contribution < -0.4 is 5.73 Å². The molecule has 0 aliphatic carbocycles. The zero-order valence-electron chi connectivity index (χ0n) is 9.31. The van der Waals surface area contributed by atoms with Gasteiger partial charge < -0.3 is 5.73 Å². The van der Waals surface area contributed by atoms with Gasteiger partial charge in [-0.3, -0.25) is 4.68 Å². The van der Waals surface area contributed by atoms with E-state index < -0.39 is 0 Å². The molecule has 0 bridgehead atoms. The molecule has 0 aliphatic heterocycles. The Bertz CT molecular complexity index is 456. The van der Waals surface area contributed by atoms with Crippen molar-refractivity contribution >= 4 is 45.5 Å². The van der Waals surface area contributed by atoms with Crippen LogP contribution in [-0.2, 0) is 0 Å². The summed E-state index contributed by atoms with van der Waals surface area (Å²) in [5.74, 6) is 0. The van der Waals surface area contributed by atoms with Crippen molar-refractivity contribution in [2.24, 2.45) is 5.73 Å². The molecular weight excluding hydrogens is 369 g/mol. The Balaban J connectivity index is 2.38. The molecule has 0 amide bonds. The molecule has 0 radical (unpaired) electrons. The first-order valence-electron chi connectivity index (χ1n) is 5.32. The number of hydrogen-bond acceptors (Lipinski definition) is 3. The molecule has 17 heavy (non-hydrogen) atoms. The van der Waals surface area contributed by atoms with Gasteiger partial charge in [0.2, 0.25) is 0 Å². The molecule has 92 valence electrons. The Labute approximate surface area is 123 Å². The van der Waals surface area contributed by atoms with E-state index in [1.807, 2.05) is 29.2 Å². The number of rotatable bonds is 4. The number of halogens is 2. The summed E-state index contributed by atoms with van der Waals surface area (Å²) in [6.07, 6.45) is 4.75. The minimum Gasteiger partial charge on any atom is -0.326 e. The molecule has 2 atom stereocenters. The van der Waals surface area contributed by atoms with E-state index in [1.165, 1.54) is 0 Å². The zero-order chi connectivity index (χ0) is 12.4. The molecule has 0 aliphatic rings. The lowest BCUT2D eigenvalue weighted by molar-refractivity contribution is 0.429. The highest BCUT2D eigenvalue weighted by Gasteiger charge is 2.22. The van der Waals surface area contributed by atoms with E-state index in [2.05, 4.69) is 34.6 Å². The summed E-state index contributed by atoms with van der Waals surface area (Å²) in [6.45, 7) is 2.08. The van der Waals surface area contributed by atoms with Crippen molar-refractivity contribution in [3.8, 4) is 0 Å². The minimum atomic E-state index is 0.0421. The predicted octanol–water partition coefficient (Wildman–Crippen LogP) is 3.53. The Morgan fingerprint density at radius 2 is 2.35 bits per heavy atom. The molecule has 2 rings (SSSR count). The lowest BCUT2D eigenvalue weighted by atomic mass is 10.1. The van der Waals surface area contributed by atoms with E-state index in [-0.39, 0.29) is 12.1 Å². The molecule has 0 spiro atoms. The molecule has 2 heterocycles. The van der Waals surface area contributed by atoms with E-state index in [0.717, 1.165) is 19.2 Å². The van der Waals surface area contributed by atoms with Crippen molar-refractivity contribution in [3.63, 3.8) is 0 Å². The quantitative estimate of drug-likeness (QED) is 0.823. The molecule has 0 saturated heterocycles. The van der Waals surface area contributed by atoms with E-state index in [4.69, 9.17) is 17.3 Å². The van der Waals surface area contributed by atoms with Crippen LogP contribution in [0, 0.1) is 3.57 Å². The largest absolute Gasteiger partial charge is 0.326 e. The predicted molar refractivity (Wildman–Crippen MR) is 80.7 cm³/mol. The summed E-state index contributed by atoms with van der Waals surface area (Å²) in [7, 11) is 0. The zero-order valence-corrected chi connectivity index (χ0v) is 13.0. The summed E-state index contributed by atoms with van der Waals surface area (Å²) in [6, 6.07) is 4.05. The average molecular weight is 382 g/mol. The van der Waals surface area contributed by atoms with E-state index in [9.17, 15) is 0 Å². The summed E-state index contributed by atoms with van der Waals surface area (Å²) in [5, 5.41) is 4.36. The number of aromatic nitrogens is 2. The fraction of sp³-hybridized carbons (Fsp3) is 0.364. The number of nitrogens with zero attached hydrogens (tertiary/aromatic N) is 2. The van der Waals surface area contributed by atoms with Gasteiger partial charge in [0, 0.05) is 17.1 Å². The highest BCUT2D eigenvalue weighted by Crippen LogP contribution is 2.31.